The molecule has 0 N–H and O–H groups in total. The summed E-state index contributed by atoms with van der Waals surface area (Å²) in [5, 5.41) is 4.56. The molecule has 5 rings (SSSR count). The van der Waals surface area contributed by atoms with Crippen LogP contribution in [0, 0.1) is 6.92 Å². The summed E-state index contributed by atoms with van der Waals surface area (Å²) in [5.41, 5.74) is 7.18. The van der Waals surface area contributed by atoms with Crippen molar-refractivity contribution in [2.24, 2.45) is 0 Å². The molecule has 4 heteroatoms. The van der Waals surface area contributed by atoms with Crippen molar-refractivity contribution in [2.45, 2.75) is 32.4 Å². The molecular weight excluding hydrogens is 344 g/mol. The molecule has 140 valence electrons. The van der Waals surface area contributed by atoms with E-state index in [1.54, 1.807) is 0 Å². The fraction of sp³-hybridized carbons (Fsp3) is 0.250. The van der Waals surface area contributed by atoms with Gasteiger partial charge in [-0.15, -0.1) is 0 Å². The van der Waals surface area contributed by atoms with Crippen LogP contribution in [0.25, 0.3) is 16.8 Å². The zero-order valence-electron chi connectivity index (χ0n) is 16.1. The number of aromatic nitrogens is 3. The maximum atomic E-state index is 4.75. The number of hydrogen-bond acceptors (Lipinski definition) is 3. The number of fused-ring (bicyclic) bond motifs is 1. The lowest BCUT2D eigenvalue weighted by atomic mass is 9.99. The third kappa shape index (κ3) is 3.10. The van der Waals surface area contributed by atoms with Crippen LogP contribution >= 0.6 is 0 Å². The van der Waals surface area contributed by atoms with Crippen LogP contribution in [0.5, 0.6) is 0 Å². The van der Waals surface area contributed by atoms with Crippen LogP contribution in [0.3, 0.4) is 0 Å². The summed E-state index contributed by atoms with van der Waals surface area (Å²) in [7, 11) is 0. The Morgan fingerprint density at radius 2 is 1.82 bits per heavy atom. The molecule has 1 aliphatic heterocycles. The van der Waals surface area contributed by atoms with E-state index in [0.29, 0.717) is 6.04 Å². The van der Waals surface area contributed by atoms with Gasteiger partial charge in [-0.2, -0.15) is 5.10 Å². The molecule has 2 aromatic heterocycles. The summed E-state index contributed by atoms with van der Waals surface area (Å²) in [6.45, 7) is 4.25. The standard InChI is InChI=1S/C24H24N4/c1-18-8-5-6-11-21(18)23-12-7-13-27(23)16-19-14-25-24-22(15-26-28(24)17-19)20-9-3-2-4-10-20/h2-6,8-11,14-15,17,23H,7,12-13,16H2,1H3/t23-/m1/s1. The topological polar surface area (TPSA) is 33.4 Å². The molecule has 4 nitrogen and oxygen atoms in total. The van der Waals surface area contributed by atoms with Gasteiger partial charge in [0.25, 0.3) is 0 Å². The summed E-state index contributed by atoms with van der Waals surface area (Å²) in [5.74, 6) is 0. The number of benzene rings is 2. The molecule has 4 aromatic rings. The van der Waals surface area contributed by atoms with Gasteiger partial charge in [-0.1, -0.05) is 54.6 Å². The summed E-state index contributed by atoms with van der Waals surface area (Å²) in [6.07, 6.45) is 8.52. The third-order valence-corrected chi connectivity index (χ3v) is 5.79. The second-order valence-corrected chi connectivity index (χ2v) is 7.64. The Bertz CT molecular complexity index is 1100. The molecule has 1 atom stereocenters. The predicted octanol–water partition coefficient (Wildman–Crippen LogP) is 5.04. The Morgan fingerprint density at radius 1 is 1.00 bits per heavy atom. The van der Waals surface area contributed by atoms with Crippen LogP contribution in [0.15, 0.2) is 73.2 Å². The summed E-state index contributed by atoms with van der Waals surface area (Å²) >= 11 is 0. The van der Waals surface area contributed by atoms with Crippen molar-refractivity contribution in [3.8, 4) is 11.1 Å². The zero-order chi connectivity index (χ0) is 18.9. The first-order chi connectivity index (χ1) is 13.8. The lowest BCUT2D eigenvalue weighted by molar-refractivity contribution is 0.247. The third-order valence-electron chi connectivity index (χ3n) is 5.79. The molecule has 0 bridgehead atoms. The summed E-state index contributed by atoms with van der Waals surface area (Å²) < 4.78 is 1.91. The van der Waals surface area contributed by atoms with E-state index in [9.17, 15) is 0 Å². The smallest absolute Gasteiger partial charge is 0.162 e. The van der Waals surface area contributed by atoms with Gasteiger partial charge in [-0.3, -0.25) is 4.90 Å². The number of rotatable bonds is 4. The van der Waals surface area contributed by atoms with Gasteiger partial charge in [0.15, 0.2) is 5.65 Å². The van der Waals surface area contributed by atoms with E-state index in [-0.39, 0.29) is 0 Å². The van der Waals surface area contributed by atoms with E-state index in [1.165, 1.54) is 29.5 Å². The molecule has 2 aromatic carbocycles. The van der Waals surface area contributed by atoms with Crippen molar-refractivity contribution in [2.75, 3.05) is 6.54 Å². The molecule has 0 amide bonds. The van der Waals surface area contributed by atoms with Gasteiger partial charge in [0.05, 0.1) is 6.20 Å². The second-order valence-electron chi connectivity index (χ2n) is 7.64. The molecule has 28 heavy (non-hydrogen) atoms. The Balaban J connectivity index is 1.42. The lowest BCUT2D eigenvalue weighted by Gasteiger charge is -2.26. The maximum Gasteiger partial charge on any atom is 0.162 e. The summed E-state index contributed by atoms with van der Waals surface area (Å²) in [4.78, 5) is 7.32. The normalized spacial score (nSPS) is 17.4. The van der Waals surface area contributed by atoms with E-state index in [1.807, 2.05) is 35.1 Å². The Hall–Kier alpha value is -2.98. The average molecular weight is 368 g/mol. The van der Waals surface area contributed by atoms with Crippen LogP contribution in [0.4, 0.5) is 0 Å². The van der Waals surface area contributed by atoms with E-state index in [4.69, 9.17) is 4.98 Å². The highest BCUT2D eigenvalue weighted by molar-refractivity contribution is 5.76. The number of likely N-dealkylation sites (tertiary alicyclic amines) is 1. The fourth-order valence-electron chi connectivity index (χ4n) is 4.38. The van der Waals surface area contributed by atoms with Crippen LogP contribution in [0.1, 0.15) is 35.6 Å². The van der Waals surface area contributed by atoms with Crippen molar-refractivity contribution in [3.63, 3.8) is 0 Å². The average Bonchev–Trinajstić information content (AvgIpc) is 3.36. The van der Waals surface area contributed by atoms with Crippen LogP contribution < -0.4 is 0 Å². The van der Waals surface area contributed by atoms with Crippen LogP contribution in [-0.2, 0) is 6.54 Å². The fourth-order valence-corrected chi connectivity index (χ4v) is 4.38. The Labute approximate surface area is 165 Å². The van der Waals surface area contributed by atoms with Gasteiger partial charge in [0.1, 0.15) is 0 Å². The van der Waals surface area contributed by atoms with Gasteiger partial charge in [-0.25, -0.2) is 9.50 Å². The molecule has 0 unspecified atom stereocenters. The first kappa shape index (κ1) is 17.1. The monoisotopic (exact) mass is 368 g/mol. The highest BCUT2D eigenvalue weighted by atomic mass is 15.2. The molecular formula is C24H24N4. The second kappa shape index (κ2) is 7.21. The SMILES string of the molecule is Cc1ccccc1[C@H]1CCCN1Cc1cnc2c(-c3ccccc3)cnn2c1. The van der Waals surface area contributed by atoms with Gasteiger partial charge < -0.3 is 0 Å². The number of hydrogen-bond donors (Lipinski definition) is 0. The van der Waals surface area contributed by atoms with Crippen molar-refractivity contribution in [1.82, 2.24) is 19.5 Å². The largest absolute Gasteiger partial charge is 0.292 e. The Morgan fingerprint density at radius 3 is 2.68 bits per heavy atom. The molecule has 0 saturated carbocycles. The van der Waals surface area contributed by atoms with Crippen molar-refractivity contribution in [3.05, 3.63) is 89.9 Å². The molecule has 1 fully saturated rings. The minimum absolute atomic E-state index is 0.495. The minimum atomic E-state index is 0.495. The van der Waals surface area contributed by atoms with E-state index >= 15 is 0 Å². The van der Waals surface area contributed by atoms with Crippen LogP contribution in [-0.4, -0.2) is 26.0 Å². The summed E-state index contributed by atoms with van der Waals surface area (Å²) in [6, 6.07) is 19.6. The van der Waals surface area contributed by atoms with Crippen molar-refractivity contribution >= 4 is 5.65 Å². The lowest BCUT2D eigenvalue weighted by Crippen LogP contribution is -2.23. The van der Waals surface area contributed by atoms with E-state index in [0.717, 1.165) is 29.9 Å². The molecule has 0 spiro atoms. The first-order valence-corrected chi connectivity index (χ1v) is 9.97. The van der Waals surface area contributed by atoms with Gasteiger partial charge in [0, 0.05) is 36.1 Å². The highest BCUT2D eigenvalue weighted by Gasteiger charge is 2.27. The van der Waals surface area contributed by atoms with Gasteiger partial charge >= 0.3 is 0 Å². The van der Waals surface area contributed by atoms with Crippen molar-refractivity contribution in [1.29, 1.82) is 0 Å². The highest BCUT2D eigenvalue weighted by Crippen LogP contribution is 2.34. The van der Waals surface area contributed by atoms with Gasteiger partial charge in [-0.05, 0) is 43.0 Å². The van der Waals surface area contributed by atoms with Crippen LogP contribution in [0.2, 0.25) is 0 Å². The number of aryl methyl sites for hydroxylation is 1. The molecule has 0 radical (unpaired) electrons. The molecule has 0 aliphatic carbocycles. The zero-order valence-corrected chi connectivity index (χ0v) is 16.1. The van der Waals surface area contributed by atoms with E-state index < -0.39 is 0 Å². The maximum absolute atomic E-state index is 4.75. The number of nitrogens with zero attached hydrogens (tertiary/aromatic N) is 4. The van der Waals surface area contributed by atoms with Crippen molar-refractivity contribution < 1.29 is 0 Å². The first-order valence-electron chi connectivity index (χ1n) is 9.97. The quantitative estimate of drug-likeness (QED) is 0.506. The predicted molar refractivity (Wildman–Crippen MR) is 112 cm³/mol. The molecule has 1 saturated heterocycles. The Kier molecular flexibility index (Phi) is 4.41. The van der Waals surface area contributed by atoms with Gasteiger partial charge in [0.2, 0.25) is 0 Å². The minimum Gasteiger partial charge on any atom is -0.292 e. The molecule has 1 aliphatic rings. The van der Waals surface area contributed by atoms with E-state index in [2.05, 4.69) is 59.5 Å². The molecule has 3 heterocycles.